The molecule has 0 radical (unpaired) electrons. The van der Waals surface area contributed by atoms with Gasteiger partial charge in [0.25, 0.3) is 0 Å². The molecule has 0 saturated carbocycles. The summed E-state index contributed by atoms with van der Waals surface area (Å²) in [6.45, 7) is 0. The highest BCUT2D eigenvalue weighted by molar-refractivity contribution is 8.06. The Hall–Kier alpha value is 0.170. The molecule has 0 aliphatic carbocycles. The summed E-state index contributed by atoms with van der Waals surface area (Å²) in [6.07, 6.45) is -0.434. The fourth-order valence-electron chi connectivity index (χ4n) is 1.60. The molecule has 1 heterocycles. The highest BCUT2D eigenvalue weighted by Gasteiger charge is 2.25. The SMILES string of the molecule is OC(c1ccccc1Cl)C1CSCCS1. The number of rotatable bonds is 2. The molecule has 1 aromatic rings. The fraction of sp³-hybridized carbons (Fsp3) is 0.455. The van der Waals surface area contributed by atoms with Crippen LogP contribution in [0.3, 0.4) is 0 Å². The number of hydrogen-bond donors (Lipinski definition) is 1. The third-order valence-corrected chi connectivity index (χ3v) is 5.61. The maximum atomic E-state index is 10.2. The van der Waals surface area contributed by atoms with Gasteiger partial charge in [-0.05, 0) is 6.07 Å². The first-order valence-electron chi connectivity index (χ1n) is 4.91. The number of hydrogen-bond acceptors (Lipinski definition) is 3. The molecule has 1 N–H and O–H groups in total. The molecule has 4 heteroatoms. The molecule has 2 atom stereocenters. The van der Waals surface area contributed by atoms with Gasteiger partial charge < -0.3 is 5.11 Å². The van der Waals surface area contributed by atoms with Crippen molar-refractivity contribution in [2.75, 3.05) is 17.3 Å². The summed E-state index contributed by atoms with van der Waals surface area (Å²) in [7, 11) is 0. The van der Waals surface area contributed by atoms with Gasteiger partial charge >= 0.3 is 0 Å². The summed E-state index contributed by atoms with van der Waals surface area (Å²) < 4.78 is 0. The van der Waals surface area contributed by atoms with Crippen molar-refractivity contribution in [3.8, 4) is 0 Å². The molecule has 1 aromatic carbocycles. The minimum absolute atomic E-state index is 0.281. The largest absolute Gasteiger partial charge is 0.387 e. The molecule has 15 heavy (non-hydrogen) atoms. The van der Waals surface area contributed by atoms with E-state index in [2.05, 4.69) is 0 Å². The first-order valence-corrected chi connectivity index (χ1v) is 7.49. The monoisotopic (exact) mass is 260 g/mol. The molecule has 1 saturated heterocycles. The standard InChI is InChI=1S/C11H13ClOS2/c12-9-4-2-1-3-8(9)11(13)10-7-14-5-6-15-10/h1-4,10-11,13H,5-7H2. The molecule has 1 aliphatic rings. The molecule has 2 unspecified atom stereocenters. The normalized spacial score (nSPS) is 23.7. The minimum atomic E-state index is -0.434. The molecular weight excluding hydrogens is 248 g/mol. The smallest absolute Gasteiger partial charge is 0.0930 e. The lowest BCUT2D eigenvalue weighted by atomic mass is 10.1. The van der Waals surface area contributed by atoms with Crippen LogP contribution in [0.2, 0.25) is 5.02 Å². The Balaban J connectivity index is 2.12. The Labute approximate surface area is 104 Å². The number of halogens is 1. The van der Waals surface area contributed by atoms with E-state index in [1.807, 2.05) is 47.8 Å². The average molecular weight is 261 g/mol. The van der Waals surface area contributed by atoms with E-state index in [1.165, 1.54) is 5.75 Å². The van der Waals surface area contributed by atoms with E-state index in [9.17, 15) is 5.11 Å². The Morgan fingerprint density at radius 1 is 1.33 bits per heavy atom. The topological polar surface area (TPSA) is 20.2 Å². The molecule has 0 aromatic heterocycles. The van der Waals surface area contributed by atoms with E-state index < -0.39 is 6.10 Å². The van der Waals surface area contributed by atoms with Gasteiger partial charge in [0.05, 0.1) is 6.10 Å². The van der Waals surface area contributed by atoms with Crippen molar-refractivity contribution in [3.63, 3.8) is 0 Å². The van der Waals surface area contributed by atoms with Gasteiger partial charge in [-0.15, -0.1) is 0 Å². The van der Waals surface area contributed by atoms with Crippen molar-refractivity contribution in [1.82, 2.24) is 0 Å². The van der Waals surface area contributed by atoms with Crippen LogP contribution in [0.4, 0.5) is 0 Å². The first-order chi connectivity index (χ1) is 7.29. The van der Waals surface area contributed by atoms with Gasteiger partial charge in [-0.25, -0.2) is 0 Å². The number of benzene rings is 1. The van der Waals surface area contributed by atoms with E-state index in [-0.39, 0.29) is 5.25 Å². The zero-order chi connectivity index (χ0) is 10.7. The van der Waals surface area contributed by atoms with Crippen LogP contribution >= 0.6 is 35.1 Å². The molecule has 1 nitrogen and oxygen atoms in total. The lowest BCUT2D eigenvalue weighted by molar-refractivity contribution is 0.180. The maximum Gasteiger partial charge on any atom is 0.0930 e. The summed E-state index contributed by atoms with van der Waals surface area (Å²) >= 11 is 9.82. The molecule has 82 valence electrons. The van der Waals surface area contributed by atoms with Gasteiger partial charge in [-0.1, -0.05) is 29.8 Å². The zero-order valence-corrected chi connectivity index (χ0v) is 10.6. The van der Waals surface area contributed by atoms with Crippen LogP contribution in [0.15, 0.2) is 24.3 Å². The molecule has 2 rings (SSSR count). The van der Waals surface area contributed by atoms with Gasteiger partial charge in [0.15, 0.2) is 0 Å². The molecular formula is C11H13ClOS2. The average Bonchev–Trinajstić information content (AvgIpc) is 2.30. The zero-order valence-electron chi connectivity index (χ0n) is 8.23. The van der Waals surface area contributed by atoms with Crippen molar-refractivity contribution in [2.24, 2.45) is 0 Å². The van der Waals surface area contributed by atoms with Gasteiger partial charge in [0.1, 0.15) is 0 Å². The van der Waals surface area contributed by atoms with Crippen molar-refractivity contribution in [1.29, 1.82) is 0 Å². The van der Waals surface area contributed by atoms with Crippen LogP contribution in [0, 0.1) is 0 Å². The molecule has 0 bridgehead atoms. The number of aliphatic hydroxyl groups is 1. The highest BCUT2D eigenvalue weighted by Crippen LogP contribution is 2.35. The Morgan fingerprint density at radius 2 is 2.13 bits per heavy atom. The Morgan fingerprint density at radius 3 is 2.80 bits per heavy atom. The van der Waals surface area contributed by atoms with Crippen LogP contribution in [-0.4, -0.2) is 27.6 Å². The van der Waals surface area contributed by atoms with Crippen LogP contribution in [0.5, 0.6) is 0 Å². The van der Waals surface area contributed by atoms with Crippen LogP contribution < -0.4 is 0 Å². The Bertz CT molecular complexity index is 326. The van der Waals surface area contributed by atoms with E-state index in [4.69, 9.17) is 11.6 Å². The fourth-order valence-corrected chi connectivity index (χ4v) is 4.59. The maximum absolute atomic E-state index is 10.2. The highest BCUT2D eigenvalue weighted by atomic mass is 35.5. The molecule has 1 fully saturated rings. The first kappa shape index (κ1) is 11.6. The summed E-state index contributed by atoms with van der Waals surface area (Å²) in [5, 5.41) is 11.2. The van der Waals surface area contributed by atoms with E-state index in [1.54, 1.807) is 0 Å². The third-order valence-electron chi connectivity index (χ3n) is 2.42. The van der Waals surface area contributed by atoms with Crippen molar-refractivity contribution in [2.45, 2.75) is 11.4 Å². The summed E-state index contributed by atoms with van der Waals surface area (Å²) in [6, 6.07) is 7.56. The van der Waals surface area contributed by atoms with Gasteiger partial charge in [0, 0.05) is 33.1 Å². The van der Waals surface area contributed by atoms with Crippen LogP contribution in [0.25, 0.3) is 0 Å². The lowest BCUT2D eigenvalue weighted by Gasteiger charge is -2.26. The molecule has 1 aliphatic heterocycles. The second-order valence-corrected chi connectivity index (χ2v) is 6.35. The van der Waals surface area contributed by atoms with Crippen molar-refractivity contribution in [3.05, 3.63) is 34.9 Å². The van der Waals surface area contributed by atoms with Crippen molar-refractivity contribution < 1.29 is 5.11 Å². The summed E-state index contributed by atoms with van der Waals surface area (Å²) in [5.74, 6) is 3.32. The second kappa shape index (κ2) is 5.48. The van der Waals surface area contributed by atoms with Crippen LogP contribution in [-0.2, 0) is 0 Å². The molecule has 0 amide bonds. The van der Waals surface area contributed by atoms with Crippen molar-refractivity contribution >= 4 is 35.1 Å². The second-order valence-electron chi connectivity index (χ2n) is 3.45. The van der Waals surface area contributed by atoms with E-state index >= 15 is 0 Å². The summed E-state index contributed by atoms with van der Waals surface area (Å²) in [5.41, 5.74) is 0.860. The third kappa shape index (κ3) is 2.84. The van der Waals surface area contributed by atoms with Gasteiger partial charge in [-0.3, -0.25) is 0 Å². The predicted octanol–water partition coefficient (Wildman–Crippen LogP) is 3.22. The van der Waals surface area contributed by atoms with Gasteiger partial charge in [-0.2, -0.15) is 23.5 Å². The predicted molar refractivity (Wildman–Crippen MR) is 70.0 cm³/mol. The lowest BCUT2D eigenvalue weighted by Crippen LogP contribution is -2.22. The van der Waals surface area contributed by atoms with Gasteiger partial charge in [0.2, 0.25) is 0 Å². The van der Waals surface area contributed by atoms with Crippen LogP contribution in [0.1, 0.15) is 11.7 Å². The Kier molecular flexibility index (Phi) is 4.26. The van der Waals surface area contributed by atoms with E-state index in [0.29, 0.717) is 5.02 Å². The minimum Gasteiger partial charge on any atom is -0.387 e. The quantitative estimate of drug-likeness (QED) is 0.882. The van der Waals surface area contributed by atoms with E-state index in [0.717, 1.165) is 17.1 Å². The molecule has 0 spiro atoms. The number of aliphatic hydroxyl groups excluding tert-OH is 1. The number of thioether (sulfide) groups is 2. The summed E-state index contributed by atoms with van der Waals surface area (Å²) in [4.78, 5) is 0.